The topological polar surface area (TPSA) is 68.4 Å². The molecule has 1 amide bonds. The molecule has 6 nitrogen and oxygen atoms in total. The second-order valence-electron chi connectivity index (χ2n) is 6.35. The van der Waals surface area contributed by atoms with Crippen LogP contribution in [0.15, 0.2) is 59.4 Å². The number of nitrogens with one attached hydrogen (secondary N) is 1. The SMILES string of the molecule is Cc1cc(=O)nc2c3ccccc3n(CC(=O)NCc3ccc(F)cc3)n12. The number of amides is 1. The second kappa shape index (κ2) is 6.68. The molecule has 27 heavy (non-hydrogen) atoms. The molecule has 0 fully saturated rings. The van der Waals surface area contributed by atoms with Crippen LogP contribution in [0.25, 0.3) is 16.6 Å². The van der Waals surface area contributed by atoms with Crippen molar-refractivity contribution < 1.29 is 9.18 Å². The van der Waals surface area contributed by atoms with Gasteiger partial charge >= 0.3 is 0 Å². The third-order valence-corrected chi connectivity index (χ3v) is 4.44. The van der Waals surface area contributed by atoms with Crippen molar-refractivity contribution in [3.05, 3.63) is 82.0 Å². The molecule has 0 aliphatic rings. The van der Waals surface area contributed by atoms with E-state index in [1.54, 1.807) is 21.3 Å². The van der Waals surface area contributed by atoms with Crippen molar-refractivity contribution in [3.8, 4) is 0 Å². The van der Waals surface area contributed by atoms with Crippen LogP contribution < -0.4 is 10.9 Å². The number of aromatic nitrogens is 3. The molecule has 1 N–H and O–H groups in total. The Labute approximate surface area is 153 Å². The number of fused-ring (bicyclic) bond motifs is 3. The van der Waals surface area contributed by atoms with Crippen LogP contribution in [0.3, 0.4) is 0 Å². The van der Waals surface area contributed by atoms with Gasteiger partial charge in [0.05, 0.1) is 5.52 Å². The zero-order valence-electron chi connectivity index (χ0n) is 14.6. The number of nitrogens with zero attached hydrogens (tertiary/aromatic N) is 3. The monoisotopic (exact) mass is 364 g/mol. The number of halogens is 1. The lowest BCUT2D eigenvalue weighted by Gasteiger charge is -2.11. The molecule has 2 aromatic heterocycles. The first-order chi connectivity index (χ1) is 13.0. The predicted molar refractivity (Wildman–Crippen MR) is 99.9 cm³/mol. The molecular formula is C20H17FN4O2. The van der Waals surface area contributed by atoms with Gasteiger partial charge in [-0.2, -0.15) is 4.98 Å². The number of carbonyl (C=O) groups excluding carboxylic acids is 1. The predicted octanol–water partition coefficient (Wildman–Crippen LogP) is 2.41. The minimum absolute atomic E-state index is 0.0661. The first-order valence-electron chi connectivity index (χ1n) is 8.52. The lowest BCUT2D eigenvalue weighted by atomic mass is 10.2. The molecule has 0 bridgehead atoms. The van der Waals surface area contributed by atoms with Gasteiger partial charge in [-0.05, 0) is 36.8 Å². The van der Waals surface area contributed by atoms with Gasteiger partial charge in [-0.25, -0.2) is 8.91 Å². The normalized spacial score (nSPS) is 11.2. The zero-order chi connectivity index (χ0) is 19.0. The second-order valence-corrected chi connectivity index (χ2v) is 6.35. The van der Waals surface area contributed by atoms with E-state index in [0.717, 1.165) is 16.5 Å². The van der Waals surface area contributed by atoms with Crippen LogP contribution in [0.2, 0.25) is 0 Å². The first kappa shape index (κ1) is 17.0. The summed E-state index contributed by atoms with van der Waals surface area (Å²) in [6, 6.07) is 14.9. The maximum Gasteiger partial charge on any atom is 0.273 e. The fourth-order valence-corrected chi connectivity index (χ4v) is 3.22. The molecular weight excluding hydrogens is 347 g/mol. The Balaban J connectivity index is 1.67. The molecule has 0 unspecified atom stereocenters. The van der Waals surface area contributed by atoms with E-state index in [0.29, 0.717) is 17.9 Å². The summed E-state index contributed by atoms with van der Waals surface area (Å²) in [7, 11) is 0. The van der Waals surface area contributed by atoms with E-state index in [9.17, 15) is 14.0 Å². The van der Waals surface area contributed by atoms with Crippen molar-refractivity contribution in [1.29, 1.82) is 0 Å². The summed E-state index contributed by atoms with van der Waals surface area (Å²) in [5, 5.41) is 3.65. The molecule has 0 radical (unpaired) electrons. The highest BCUT2D eigenvalue weighted by molar-refractivity contribution is 5.93. The van der Waals surface area contributed by atoms with Crippen LogP contribution in [0.5, 0.6) is 0 Å². The van der Waals surface area contributed by atoms with Crippen LogP contribution in [0.1, 0.15) is 11.3 Å². The highest BCUT2D eigenvalue weighted by Gasteiger charge is 2.15. The Morgan fingerprint density at radius 2 is 1.89 bits per heavy atom. The van der Waals surface area contributed by atoms with E-state index in [1.807, 2.05) is 31.2 Å². The minimum atomic E-state index is -0.313. The quantitative estimate of drug-likeness (QED) is 0.605. The molecule has 0 atom stereocenters. The summed E-state index contributed by atoms with van der Waals surface area (Å²) in [6.07, 6.45) is 0. The van der Waals surface area contributed by atoms with E-state index in [-0.39, 0.29) is 23.8 Å². The average Bonchev–Trinajstić information content (AvgIpc) is 2.95. The maximum absolute atomic E-state index is 13.0. The third kappa shape index (κ3) is 3.19. The molecule has 0 saturated carbocycles. The van der Waals surface area contributed by atoms with Crippen molar-refractivity contribution in [2.24, 2.45) is 0 Å². The van der Waals surface area contributed by atoms with Gasteiger partial charge in [0.2, 0.25) is 5.91 Å². The summed E-state index contributed by atoms with van der Waals surface area (Å²) in [6.45, 7) is 2.18. The summed E-state index contributed by atoms with van der Waals surface area (Å²) < 4.78 is 16.6. The Kier molecular flexibility index (Phi) is 4.19. The Morgan fingerprint density at radius 3 is 2.67 bits per heavy atom. The summed E-state index contributed by atoms with van der Waals surface area (Å²) >= 11 is 0. The maximum atomic E-state index is 13.0. The molecule has 2 heterocycles. The standard InChI is InChI=1S/C20H17FN4O2/c1-13-10-18(26)23-20-16-4-2-3-5-17(16)24(25(13)20)12-19(27)22-11-14-6-8-15(21)9-7-14/h2-10H,11-12H2,1H3,(H,22,27). The smallest absolute Gasteiger partial charge is 0.273 e. The van der Waals surface area contributed by atoms with Crippen molar-refractivity contribution in [2.75, 3.05) is 0 Å². The lowest BCUT2D eigenvalue weighted by Crippen LogP contribution is -2.29. The van der Waals surface area contributed by atoms with Gasteiger partial charge in [0.1, 0.15) is 12.4 Å². The van der Waals surface area contributed by atoms with Crippen molar-refractivity contribution in [2.45, 2.75) is 20.0 Å². The number of hydrogen-bond donors (Lipinski definition) is 1. The van der Waals surface area contributed by atoms with Gasteiger partial charge in [-0.15, -0.1) is 0 Å². The summed E-state index contributed by atoms with van der Waals surface area (Å²) in [5.41, 5.74) is 2.55. The van der Waals surface area contributed by atoms with Crippen LogP contribution >= 0.6 is 0 Å². The van der Waals surface area contributed by atoms with E-state index in [2.05, 4.69) is 10.3 Å². The number of hydrogen-bond acceptors (Lipinski definition) is 3. The molecule has 2 aromatic carbocycles. The van der Waals surface area contributed by atoms with Crippen LogP contribution in [-0.4, -0.2) is 20.1 Å². The number of carbonyl (C=O) groups is 1. The lowest BCUT2D eigenvalue weighted by molar-refractivity contribution is -0.122. The summed E-state index contributed by atoms with van der Waals surface area (Å²) in [5.74, 6) is -0.507. The van der Waals surface area contributed by atoms with Crippen LogP contribution in [0.4, 0.5) is 4.39 Å². The van der Waals surface area contributed by atoms with Gasteiger partial charge in [0, 0.05) is 23.7 Å². The fraction of sp³-hybridized carbons (Fsp3) is 0.150. The molecule has 0 aliphatic carbocycles. The van der Waals surface area contributed by atoms with Gasteiger partial charge in [-0.1, -0.05) is 24.3 Å². The number of para-hydroxylation sites is 1. The summed E-state index contributed by atoms with van der Waals surface area (Å²) in [4.78, 5) is 28.5. The Hall–Kier alpha value is -3.48. The largest absolute Gasteiger partial charge is 0.350 e. The molecule has 0 saturated heterocycles. The Bertz CT molecular complexity index is 1210. The van der Waals surface area contributed by atoms with Crippen LogP contribution in [0, 0.1) is 12.7 Å². The van der Waals surface area contributed by atoms with Gasteiger partial charge in [0.15, 0.2) is 5.65 Å². The van der Waals surface area contributed by atoms with E-state index in [4.69, 9.17) is 0 Å². The van der Waals surface area contributed by atoms with Gasteiger partial charge < -0.3 is 5.32 Å². The highest BCUT2D eigenvalue weighted by atomic mass is 19.1. The molecule has 7 heteroatoms. The first-order valence-corrected chi connectivity index (χ1v) is 8.52. The molecule has 136 valence electrons. The average molecular weight is 364 g/mol. The highest BCUT2D eigenvalue weighted by Crippen LogP contribution is 2.21. The van der Waals surface area contributed by atoms with Gasteiger partial charge in [0.25, 0.3) is 5.56 Å². The van der Waals surface area contributed by atoms with E-state index in [1.165, 1.54) is 18.2 Å². The molecule has 4 rings (SSSR count). The Morgan fingerprint density at radius 1 is 1.15 bits per heavy atom. The number of aryl methyl sites for hydroxylation is 1. The van der Waals surface area contributed by atoms with Crippen molar-refractivity contribution in [3.63, 3.8) is 0 Å². The van der Waals surface area contributed by atoms with Crippen LogP contribution in [-0.2, 0) is 17.9 Å². The molecule has 0 aliphatic heterocycles. The zero-order valence-corrected chi connectivity index (χ0v) is 14.6. The van der Waals surface area contributed by atoms with Crippen molar-refractivity contribution >= 4 is 22.5 Å². The molecule has 0 spiro atoms. The third-order valence-electron chi connectivity index (χ3n) is 4.44. The number of rotatable bonds is 4. The van der Waals surface area contributed by atoms with E-state index < -0.39 is 0 Å². The number of benzene rings is 2. The van der Waals surface area contributed by atoms with Crippen molar-refractivity contribution in [1.82, 2.24) is 19.5 Å². The fourth-order valence-electron chi connectivity index (χ4n) is 3.22. The van der Waals surface area contributed by atoms with E-state index >= 15 is 0 Å². The minimum Gasteiger partial charge on any atom is -0.350 e. The van der Waals surface area contributed by atoms with Gasteiger partial charge in [-0.3, -0.25) is 14.3 Å². The molecule has 4 aromatic rings.